The first-order chi connectivity index (χ1) is 9.56. The molecular weight excluding hydrogens is 248 g/mol. The van der Waals surface area contributed by atoms with Gasteiger partial charge >= 0.3 is 0 Å². The van der Waals surface area contributed by atoms with Crippen LogP contribution in [-0.4, -0.2) is 60.1 Å². The third kappa shape index (κ3) is 4.44. The lowest BCUT2D eigenvalue weighted by atomic mass is 9.99. The highest BCUT2D eigenvalue weighted by atomic mass is 15.3. The maximum atomic E-state index is 9.40. The molecular formula is C16H30N4. The Balaban J connectivity index is 1.71. The molecule has 2 fully saturated rings. The van der Waals surface area contributed by atoms with E-state index in [2.05, 4.69) is 42.0 Å². The van der Waals surface area contributed by atoms with E-state index in [-0.39, 0.29) is 5.54 Å². The van der Waals surface area contributed by atoms with Crippen LogP contribution in [0, 0.1) is 11.3 Å². The molecule has 1 saturated heterocycles. The van der Waals surface area contributed by atoms with Crippen molar-refractivity contribution in [1.82, 2.24) is 15.1 Å². The van der Waals surface area contributed by atoms with Crippen LogP contribution in [0.2, 0.25) is 0 Å². The molecule has 1 heterocycles. The minimum atomic E-state index is -0.338. The number of nitrogens with one attached hydrogen (secondary N) is 1. The van der Waals surface area contributed by atoms with Gasteiger partial charge < -0.3 is 4.90 Å². The summed E-state index contributed by atoms with van der Waals surface area (Å²) in [5.41, 5.74) is -0.338. The molecule has 0 aromatic rings. The Morgan fingerprint density at radius 3 is 2.45 bits per heavy atom. The lowest BCUT2D eigenvalue weighted by molar-refractivity contribution is 0.0961. The molecule has 1 aliphatic heterocycles. The first-order valence-corrected chi connectivity index (χ1v) is 8.21. The predicted octanol–water partition coefficient (Wildman–Crippen LogP) is 1.83. The standard InChI is InChI=1S/C16H30N4/c1-4-14(2)20-11-9-19(10-12-20)8-7-16(3,13-17)18-15-5-6-15/h14-15,18H,4-12H2,1-3H3. The van der Waals surface area contributed by atoms with Crippen LogP contribution in [0.1, 0.15) is 46.5 Å². The minimum Gasteiger partial charge on any atom is -0.301 e. The number of hydrogen-bond acceptors (Lipinski definition) is 4. The minimum absolute atomic E-state index is 0.338. The summed E-state index contributed by atoms with van der Waals surface area (Å²) < 4.78 is 0. The van der Waals surface area contributed by atoms with Gasteiger partial charge in [-0.2, -0.15) is 5.26 Å². The van der Waals surface area contributed by atoms with Gasteiger partial charge in [-0.05, 0) is 39.5 Å². The molecule has 4 nitrogen and oxygen atoms in total. The number of nitriles is 1. The quantitative estimate of drug-likeness (QED) is 0.771. The Kier molecular flexibility index (Phi) is 5.42. The van der Waals surface area contributed by atoms with Crippen LogP contribution < -0.4 is 5.32 Å². The third-order valence-electron chi connectivity index (χ3n) is 4.90. The van der Waals surface area contributed by atoms with E-state index < -0.39 is 0 Å². The van der Waals surface area contributed by atoms with Crippen molar-refractivity contribution >= 4 is 0 Å². The Morgan fingerprint density at radius 2 is 1.95 bits per heavy atom. The number of hydrogen-bond donors (Lipinski definition) is 1. The van der Waals surface area contributed by atoms with Crippen molar-refractivity contribution in [1.29, 1.82) is 5.26 Å². The van der Waals surface area contributed by atoms with Gasteiger partial charge in [-0.1, -0.05) is 6.92 Å². The van der Waals surface area contributed by atoms with Gasteiger partial charge in [0, 0.05) is 44.8 Å². The van der Waals surface area contributed by atoms with Crippen molar-refractivity contribution in [2.45, 2.75) is 64.1 Å². The van der Waals surface area contributed by atoms with Crippen LogP contribution in [0.3, 0.4) is 0 Å². The predicted molar refractivity (Wildman–Crippen MR) is 82.6 cm³/mol. The van der Waals surface area contributed by atoms with Crippen LogP contribution in [0.4, 0.5) is 0 Å². The second kappa shape index (κ2) is 6.89. The third-order valence-corrected chi connectivity index (χ3v) is 4.90. The summed E-state index contributed by atoms with van der Waals surface area (Å²) >= 11 is 0. The van der Waals surface area contributed by atoms with Crippen LogP contribution in [0.25, 0.3) is 0 Å². The van der Waals surface area contributed by atoms with E-state index in [1.54, 1.807) is 0 Å². The molecule has 20 heavy (non-hydrogen) atoms. The molecule has 4 heteroatoms. The lowest BCUT2D eigenvalue weighted by Gasteiger charge is -2.38. The molecule has 1 saturated carbocycles. The fourth-order valence-electron chi connectivity index (χ4n) is 2.91. The topological polar surface area (TPSA) is 42.3 Å². The van der Waals surface area contributed by atoms with Gasteiger partial charge in [0.15, 0.2) is 0 Å². The summed E-state index contributed by atoms with van der Waals surface area (Å²) in [5, 5.41) is 12.9. The largest absolute Gasteiger partial charge is 0.301 e. The highest BCUT2D eigenvalue weighted by Crippen LogP contribution is 2.24. The Bertz CT molecular complexity index is 339. The maximum absolute atomic E-state index is 9.40. The van der Waals surface area contributed by atoms with E-state index in [0.29, 0.717) is 12.1 Å². The van der Waals surface area contributed by atoms with E-state index in [1.807, 2.05) is 0 Å². The van der Waals surface area contributed by atoms with Crippen molar-refractivity contribution in [3.8, 4) is 6.07 Å². The molecule has 2 aliphatic rings. The van der Waals surface area contributed by atoms with Crippen molar-refractivity contribution in [3.05, 3.63) is 0 Å². The van der Waals surface area contributed by atoms with Crippen molar-refractivity contribution < 1.29 is 0 Å². The molecule has 0 radical (unpaired) electrons. The SMILES string of the molecule is CCC(C)N1CCN(CCC(C)(C#N)NC2CC2)CC1. The average molecular weight is 278 g/mol. The molecule has 1 aliphatic carbocycles. The lowest BCUT2D eigenvalue weighted by Crippen LogP contribution is -2.51. The number of rotatable bonds is 7. The van der Waals surface area contributed by atoms with Gasteiger partial charge in [-0.3, -0.25) is 10.2 Å². The molecule has 0 aromatic carbocycles. The fraction of sp³-hybridized carbons (Fsp3) is 0.938. The van der Waals surface area contributed by atoms with Gasteiger partial charge in [0.25, 0.3) is 0 Å². The summed E-state index contributed by atoms with van der Waals surface area (Å²) in [4.78, 5) is 5.10. The highest BCUT2D eigenvalue weighted by Gasteiger charge is 2.33. The monoisotopic (exact) mass is 278 g/mol. The van der Waals surface area contributed by atoms with Crippen LogP contribution in [-0.2, 0) is 0 Å². The van der Waals surface area contributed by atoms with Crippen LogP contribution in [0.15, 0.2) is 0 Å². The van der Waals surface area contributed by atoms with Crippen molar-refractivity contribution in [3.63, 3.8) is 0 Å². The zero-order chi connectivity index (χ0) is 14.6. The number of nitrogens with zero attached hydrogens (tertiary/aromatic N) is 3. The van der Waals surface area contributed by atoms with Gasteiger partial charge in [-0.15, -0.1) is 0 Å². The Morgan fingerprint density at radius 1 is 1.30 bits per heavy atom. The summed E-state index contributed by atoms with van der Waals surface area (Å²) in [6.07, 6.45) is 4.65. The van der Waals surface area contributed by atoms with Gasteiger partial charge in [0.05, 0.1) is 6.07 Å². The van der Waals surface area contributed by atoms with Gasteiger partial charge in [0.1, 0.15) is 5.54 Å². The Hall–Kier alpha value is -0.630. The second-order valence-electron chi connectivity index (χ2n) is 6.75. The molecule has 2 atom stereocenters. The maximum Gasteiger partial charge on any atom is 0.105 e. The summed E-state index contributed by atoms with van der Waals surface area (Å²) in [6, 6.07) is 3.78. The van der Waals surface area contributed by atoms with Crippen LogP contribution in [0.5, 0.6) is 0 Å². The summed E-state index contributed by atoms with van der Waals surface area (Å²) in [7, 11) is 0. The molecule has 0 amide bonds. The summed E-state index contributed by atoms with van der Waals surface area (Å²) in [5.74, 6) is 0. The molecule has 0 aromatic heterocycles. The first kappa shape index (κ1) is 15.8. The number of piperazine rings is 1. The molecule has 114 valence electrons. The highest BCUT2D eigenvalue weighted by molar-refractivity contribution is 5.07. The fourth-order valence-corrected chi connectivity index (χ4v) is 2.91. The second-order valence-corrected chi connectivity index (χ2v) is 6.75. The zero-order valence-corrected chi connectivity index (χ0v) is 13.4. The smallest absolute Gasteiger partial charge is 0.105 e. The van der Waals surface area contributed by atoms with E-state index in [1.165, 1.54) is 32.4 Å². The molecule has 2 unspecified atom stereocenters. The average Bonchev–Trinajstić information content (AvgIpc) is 3.28. The molecule has 1 N–H and O–H groups in total. The zero-order valence-electron chi connectivity index (χ0n) is 13.4. The van der Waals surface area contributed by atoms with Crippen molar-refractivity contribution in [2.24, 2.45) is 0 Å². The van der Waals surface area contributed by atoms with E-state index in [0.717, 1.165) is 26.1 Å². The van der Waals surface area contributed by atoms with E-state index >= 15 is 0 Å². The van der Waals surface area contributed by atoms with Crippen LogP contribution >= 0.6 is 0 Å². The van der Waals surface area contributed by atoms with E-state index in [4.69, 9.17) is 0 Å². The Labute approximate surface area is 124 Å². The van der Waals surface area contributed by atoms with Gasteiger partial charge in [-0.25, -0.2) is 0 Å². The first-order valence-electron chi connectivity index (χ1n) is 8.21. The molecule has 2 rings (SSSR count). The van der Waals surface area contributed by atoms with Gasteiger partial charge in [0.2, 0.25) is 0 Å². The van der Waals surface area contributed by atoms with E-state index in [9.17, 15) is 5.26 Å². The van der Waals surface area contributed by atoms with Crippen molar-refractivity contribution in [2.75, 3.05) is 32.7 Å². The normalized spacial score (nSPS) is 25.9. The molecule has 0 spiro atoms. The summed E-state index contributed by atoms with van der Waals surface area (Å²) in [6.45, 7) is 12.3. The molecule has 0 bridgehead atoms.